The molecular formula is C20H20N4O. The Morgan fingerprint density at radius 1 is 1.00 bits per heavy atom. The van der Waals surface area contributed by atoms with Gasteiger partial charge in [-0.05, 0) is 24.1 Å². The Balaban J connectivity index is 1.67. The van der Waals surface area contributed by atoms with E-state index in [4.69, 9.17) is 0 Å². The summed E-state index contributed by atoms with van der Waals surface area (Å²) in [5.74, 6) is 0.364. The van der Waals surface area contributed by atoms with Gasteiger partial charge in [-0.1, -0.05) is 48.5 Å². The first-order chi connectivity index (χ1) is 12.1. The summed E-state index contributed by atoms with van der Waals surface area (Å²) in [6, 6.07) is 17.8. The number of rotatable bonds is 5. The van der Waals surface area contributed by atoms with Crippen LogP contribution in [0.5, 0.6) is 0 Å². The first-order valence-corrected chi connectivity index (χ1v) is 8.07. The first-order valence-electron chi connectivity index (χ1n) is 8.07. The first kappa shape index (κ1) is 16.6. The highest BCUT2D eigenvalue weighted by Crippen LogP contribution is 2.15. The molecule has 126 valence electrons. The molecule has 0 saturated heterocycles. The van der Waals surface area contributed by atoms with Crippen molar-refractivity contribution >= 4 is 17.5 Å². The lowest BCUT2D eigenvalue weighted by molar-refractivity contribution is 0.102. The number of amides is 1. The molecule has 0 atom stereocenters. The monoisotopic (exact) mass is 332 g/mol. The summed E-state index contributed by atoms with van der Waals surface area (Å²) in [5.41, 5.74) is 3.41. The van der Waals surface area contributed by atoms with Crippen LogP contribution in [0.25, 0.3) is 0 Å². The van der Waals surface area contributed by atoms with Gasteiger partial charge in [-0.25, -0.2) is 9.97 Å². The Morgan fingerprint density at radius 2 is 1.64 bits per heavy atom. The van der Waals surface area contributed by atoms with Gasteiger partial charge in [-0.2, -0.15) is 0 Å². The number of para-hydroxylation sites is 1. The van der Waals surface area contributed by atoms with E-state index in [9.17, 15) is 4.79 Å². The third kappa shape index (κ3) is 4.20. The minimum absolute atomic E-state index is 0.216. The molecule has 0 aliphatic heterocycles. The van der Waals surface area contributed by atoms with Crippen LogP contribution in [0.1, 0.15) is 21.5 Å². The molecule has 0 saturated carbocycles. The van der Waals surface area contributed by atoms with Crippen LogP contribution >= 0.6 is 0 Å². The van der Waals surface area contributed by atoms with E-state index in [1.54, 1.807) is 12.4 Å². The Kier molecular flexibility index (Phi) is 5.04. The van der Waals surface area contributed by atoms with E-state index >= 15 is 0 Å². The highest BCUT2D eigenvalue weighted by atomic mass is 16.1. The van der Waals surface area contributed by atoms with Crippen molar-refractivity contribution in [3.8, 4) is 0 Å². The lowest BCUT2D eigenvalue weighted by Gasteiger charge is -2.17. The lowest BCUT2D eigenvalue weighted by atomic mass is 10.2. The van der Waals surface area contributed by atoms with Crippen molar-refractivity contribution < 1.29 is 4.79 Å². The molecular weight excluding hydrogens is 312 g/mol. The number of anilines is 2. The lowest BCUT2D eigenvalue weighted by Crippen LogP contribution is -2.20. The third-order valence-electron chi connectivity index (χ3n) is 3.90. The van der Waals surface area contributed by atoms with Crippen LogP contribution in [-0.4, -0.2) is 22.9 Å². The van der Waals surface area contributed by atoms with Crippen molar-refractivity contribution in [3.05, 3.63) is 83.7 Å². The SMILES string of the molecule is Cc1ccccc1NC(=O)c1cnc(N(C)Cc2ccccc2)nc1. The summed E-state index contributed by atoms with van der Waals surface area (Å²) < 4.78 is 0. The molecule has 1 N–H and O–H groups in total. The summed E-state index contributed by atoms with van der Waals surface area (Å²) >= 11 is 0. The Labute approximate surface area is 147 Å². The number of aryl methyl sites for hydroxylation is 1. The zero-order valence-electron chi connectivity index (χ0n) is 14.3. The van der Waals surface area contributed by atoms with Crippen LogP contribution in [-0.2, 0) is 6.54 Å². The number of aromatic nitrogens is 2. The van der Waals surface area contributed by atoms with Gasteiger partial charge in [0.25, 0.3) is 5.91 Å². The molecule has 25 heavy (non-hydrogen) atoms. The van der Waals surface area contributed by atoms with E-state index in [-0.39, 0.29) is 5.91 Å². The van der Waals surface area contributed by atoms with Crippen LogP contribution in [0.4, 0.5) is 11.6 Å². The standard InChI is InChI=1S/C20H20N4O/c1-15-8-6-7-11-18(15)23-19(25)17-12-21-20(22-13-17)24(2)14-16-9-4-3-5-10-16/h3-13H,14H2,1-2H3,(H,23,25). The van der Waals surface area contributed by atoms with E-state index in [1.807, 2.05) is 61.3 Å². The van der Waals surface area contributed by atoms with E-state index in [0.717, 1.165) is 11.3 Å². The molecule has 3 aromatic rings. The summed E-state index contributed by atoms with van der Waals surface area (Å²) in [4.78, 5) is 22.9. The second-order valence-corrected chi connectivity index (χ2v) is 5.88. The number of carbonyl (C=O) groups excluding carboxylic acids is 1. The largest absolute Gasteiger partial charge is 0.340 e. The normalized spacial score (nSPS) is 10.3. The Hall–Kier alpha value is -3.21. The molecule has 1 amide bonds. The second kappa shape index (κ2) is 7.57. The van der Waals surface area contributed by atoms with Crippen molar-refractivity contribution in [1.82, 2.24) is 9.97 Å². The highest BCUT2D eigenvalue weighted by Gasteiger charge is 2.10. The molecule has 0 aliphatic rings. The minimum atomic E-state index is -0.216. The number of hydrogen-bond donors (Lipinski definition) is 1. The molecule has 0 fully saturated rings. The number of carbonyl (C=O) groups is 1. The molecule has 0 bridgehead atoms. The smallest absolute Gasteiger partial charge is 0.258 e. The van der Waals surface area contributed by atoms with Gasteiger partial charge in [-0.15, -0.1) is 0 Å². The van der Waals surface area contributed by atoms with Gasteiger partial charge in [0.1, 0.15) is 0 Å². The maximum atomic E-state index is 12.3. The van der Waals surface area contributed by atoms with Crippen molar-refractivity contribution in [2.45, 2.75) is 13.5 Å². The highest BCUT2D eigenvalue weighted by molar-refractivity contribution is 6.04. The van der Waals surface area contributed by atoms with Gasteiger partial charge in [0, 0.05) is 31.7 Å². The molecule has 5 heteroatoms. The van der Waals surface area contributed by atoms with Crippen LogP contribution in [0.15, 0.2) is 67.0 Å². The fourth-order valence-electron chi connectivity index (χ4n) is 2.47. The Bertz CT molecular complexity index is 847. The fourth-order valence-corrected chi connectivity index (χ4v) is 2.47. The van der Waals surface area contributed by atoms with Crippen molar-refractivity contribution in [2.75, 3.05) is 17.3 Å². The molecule has 0 radical (unpaired) electrons. The minimum Gasteiger partial charge on any atom is -0.340 e. The fraction of sp³-hybridized carbons (Fsp3) is 0.150. The van der Waals surface area contributed by atoms with Crippen molar-refractivity contribution in [1.29, 1.82) is 0 Å². The Morgan fingerprint density at radius 3 is 2.32 bits per heavy atom. The van der Waals surface area contributed by atoms with Gasteiger partial charge in [-0.3, -0.25) is 4.79 Å². The van der Waals surface area contributed by atoms with Crippen LogP contribution in [0, 0.1) is 6.92 Å². The number of hydrogen-bond acceptors (Lipinski definition) is 4. The summed E-state index contributed by atoms with van der Waals surface area (Å²) in [5, 5.41) is 2.88. The van der Waals surface area contributed by atoms with Gasteiger partial charge < -0.3 is 10.2 Å². The average molecular weight is 332 g/mol. The molecule has 1 aromatic heterocycles. The van der Waals surface area contributed by atoms with E-state index in [0.29, 0.717) is 18.1 Å². The molecule has 5 nitrogen and oxygen atoms in total. The van der Waals surface area contributed by atoms with Crippen molar-refractivity contribution in [2.24, 2.45) is 0 Å². The average Bonchev–Trinajstić information content (AvgIpc) is 2.64. The third-order valence-corrected chi connectivity index (χ3v) is 3.90. The van der Waals surface area contributed by atoms with Gasteiger partial charge >= 0.3 is 0 Å². The molecule has 0 unspecified atom stereocenters. The maximum Gasteiger partial charge on any atom is 0.258 e. The molecule has 3 rings (SSSR count). The van der Waals surface area contributed by atoms with E-state index in [2.05, 4.69) is 27.4 Å². The van der Waals surface area contributed by atoms with Crippen LogP contribution in [0.2, 0.25) is 0 Å². The number of nitrogens with zero attached hydrogens (tertiary/aromatic N) is 3. The molecule has 1 heterocycles. The maximum absolute atomic E-state index is 12.3. The zero-order valence-corrected chi connectivity index (χ0v) is 14.3. The van der Waals surface area contributed by atoms with Gasteiger partial charge in [0.2, 0.25) is 5.95 Å². The molecule has 0 spiro atoms. The molecule has 0 aliphatic carbocycles. The van der Waals surface area contributed by atoms with E-state index < -0.39 is 0 Å². The molecule has 2 aromatic carbocycles. The summed E-state index contributed by atoms with van der Waals surface area (Å²) in [6.45, 7) is 2.66. The summed E-state index contributed by atoms with van der Waals surface area (Å²) in [7, 11) is 1.93. The second-order valence-electron chi connectivity index (χ2n) is 5.88. The van der Waals surface area contributed by atoms with Crippen LogP contribution in [0.3, 0.4) is 0 Å². The van der Waals surface area contributed by atoms with E-state index in [1.165, 1.54) is 5.56 Å². The topological polar surface area (TPSA) is 58.1 Å². The van der Waals surface area contributed by atoms with Crippen molar-refractivity contribution in [3.63, 3.8) is 0 Å². The van der Waals surface area contributed by atoms with Crippen LogP contribution < -0.4 is 10.2 Å². The number of benzene rings is 2. The number of nitrogens with one attached hydrogen (secondary N) is 1. The van der Waals surface area contributed by atoms with Gasteiger partial charge in [0.15, 0.2) is 0 Å². The quantitative estimate of drug-likeness (QED) is 0.774. The predicted octanol–water partition coefficient (Wildman–Crippen LogP) is 3.67. The predicted molar refractivity (Wildman–Crippen MR) is 99.7 cm³/mol. The van der Waals surface area contributed by atoms with Gasteiger partial charge in [0.05, 0.1) is 5.56 Å². The zero-order chi connectivity index (χ0) is 17.6. The summed E-state index contributed by atoms with van der Waals surface area (Å²) in [6.07, 6.45) is 3.11.